The molecule has 0 aliphatic carbocycles. The number of esters is 1. The number of hydrogen-bond acceptors (Lipinski definition) is 3. The van der Waals surface area contributed by atoms with Gasteiger partial charge in [-0.05, 0) is 23.8 Å². The third kappa shape index (κ3) is 2.74. The monoisotopic (exact) mass is 250 g/mol. The normalized spacial score (nSPS) is 20.1. The van der Waals surface area contributed by atoms with Gasteiger partial charge in [-0.25, -0.2) is 4.79 Å². The maximum Gasteiger partial charge on any atom is 0.331 e. The maximum atomic E-state index is 11.0. The van der Waals surface area contributed by atoms with Gasteiger partial charge < -0.3 is 9.53 Å². The lowest BCUT2D eigenvalue weighted by atomic mass is 9.91. The van der Waals surface area contributed by atoms with E-state index in [2.05, 4.69) is 0 Å². The van der Waals surface area contributed by atoms with Crippen LogP contribution in [0.5, 0.6) is 0 Å². The van der Waals surface area contributed by atoms with Gasteiger partial charge in [0.2, 0.25) is 0 Å². The topological polar surface area (TPSA) is 43.4 Å². The molecule has 1 aromatic rings. The van der Waals surface area contributed by atoms with E-state index in [0.717, 1.165) is 11.8 Å². The van der Waals surface area contributed by atoms with Crippen LogP contribution in [-0.4, -0.2) is 18.4 Å². The van der Waals surface area contributed by atoms with E-state index in [1.807, 2.05) is 12.1 Å². The summed E-state index contributed by atoms with van der Waals surface area (Å²) in [5, 5.41) is 0.637. The number of cyclic esters (lactones) is 1. The largest absolute Gasteiger partial charge is 0.454 e. The number of rotatable bonds is 4. The quantitative estimate of drug-likeness (QED) is 0.609. The van der Waals surface area contributed by atoms with Crippen molar-refractivity contribution in [3.63, 3.8) is 0 Å². The van der Waals surface area contributed by atoms with Crippen molar-refractivity contribution in [3.05, 3.63) is 47.0 Å². The van der Waals surface area contributed by atoms with Crippen LogP contribution in [-0.2, 0) is 14.3 Å². The predicted octanol–water partition coefficient (Wildman–Crippen LogP) is 2.49. The molecule has 3 nitrogen and oxygen atoms in total. The van der Waals surface area contributed by atoms with Crippen LogP contribution in [0.2, 0.25) is 5.02 Å². The van der Waals surface area contributed by atoms with Crippen LogP contribution in [0.4, 0.5) is 0 Å². The van der Waals surface area contributed by atoms with Gasteiger partial charge in [-0.1, -0.05) is 23.7 Å². The van der Waals surface area contributed by atoms with Crippen LogP contribution in [0.15, 0.2) is 36.4 Å². The molecule has 4 heteroatoms. The first-order chi connectivity index (χ1) is 8.20. The fourth-order valence-corrected chi connectivity index (χ4v) is 2.00. The van der Waals surface area contributed by atoms with E-state index in [4.69, 9.17) is 16.3 Å². The molecule has 2 rings (SSSR count). The van der Waals surface area contributed by atoms with Crippen LogP contribution < -0.4 is 0 Å². The van der Waals surface area contributed by atoms with Gasteiger partial charge in [0.05, 0.1) is 0 Å². The molecule has 0 radical (unpaired) electrons. The maximum absolute atomic E-state index is 11.0. The third-order valence-electron chi connectivity index (χ3n) is 2.72. The van der Waals surface area contributed by atoms with E-state index in [1.54, 1.807) is 18.2 Å². The van der Waals surface area contributed by atoms with Crippen LogP contribution in [0.1, 0.15) is 17.9 Å². The van der Waals surface area contributed by atoms with Crippen molar-refractivity contribution in [3.8, 4) is 0 Å². The highest BCUT2D eigenvalue weighted by Gasteiger charge is 2.27. The Kier molecular flexibility index (Phi) is 3.59. The summed E-state index contributed by atoms with van der Waals surface area (Å²) >= 11 is 5.81. The Bertz CT molecular complexity index is 450. The van der Waals surface area contributed by atoms with Gasteiger partial charge in [0.15, 0.2) is 0 Å². The molecule has 2 atom stereocenters. The summed E-state index contributed by atoms with van der Waals surface area (Å²) in [6.45, 7) is 0. The molecular weight excluding hydrogens is 240 g/mol. The second-order valence-electron chi connectivity index (χ2n) is 3.82. The van der Waals surface area contributed by atoms with Gasteiger partial charge >= 0.3 is 5.97 Å². The summed E-state index contributed by atoms with van der Waals surface area (Å²) in [6.07, 6.45) is 3.85. The average Bonchev–Trinajstić information content (AvgIpc) is 2.74. The molecule has 0 saturated heterocycles. The molecule has 0 aromatic heterocycles. The summed E-state index contributed by atoms with van der Waals surface area (Å²) < 4.78 is 5.12. The zero-order valence-electron chi connectivity index (χ0n) is 9.01. The zero-order chi connectivity index (χ0) is 12.3. The summed E-state index contributed by atoms with van der Waals surface area (Å²) in [4.78, 5) is 21.7. The minimum Gasteiger partial charge on any atom is -0.454 e. The van der Waals surface area contributed by atoms with Gasteiger partial charge in [0.25, 0.3) is 0 Å². The molecule has 1 aliphatic heterocycles. The van der Waals surface area contributed by atoms with Crippen molar-refractivity contribution in [2.45, 2.75) is 18.4 Å². The van der Waals surface area contributed by atoms with Crippen molar-refractivity contribution in [2.75, 3.05) is 0 Å². The lowest BCUT2D eigenvalue weighted by molar-refractivity contribution is -0.139. The molecule has 1 heterocycles. The highest BCUT2D eigenvalue weighted by molar-refractivity contribution is 6.30. The number of carbonyl (C=O) groups is 2. The number of ether oxygens (including phenoxy) is 1. The van der Waals surface area contributed by atoms with E-state index in [1.165, 1.54) is 6.08 Å². The molecule has 0 spiro atoms. The molecule has 17 heavy (non-hydrogen) atoms. The highest BCUT2D eigenvalue weighted by atomic mass is 35.5. The molecule has 0 amide bonds. The standard InChI is InChI=1S/C13H11ClO3/c14-10-3-1-9(2-4-10)11(7-8-15)12-5-6-13(16)17-12/h1-6,8,11-12H,7H2/t11-,12-/m0/s1. The minimum atomic E-state index is -0.367. The summed E-state index contributed by atoms with van der Waals surface area (Å²) in [7, 11) is 0. The number of halogens is 1. The van der Waals surface area contributed by atoms with Crippen LogP contribution in [0.25, 0.3) is 0 Å². The molecule has 0 fully saturated rings. The van der Waals surface area contributed by atoms with Gasteiger partial charge in [0, 0.05) is 23.4 Å². The molecule has 0 unspecified atom stereocenters. The molecule has 0 bridgehead atoms. The first-order valence-electron chi connectivity index (χ1n) is 5.28. The Hall–Kier alpha value is -1.61. The third-order valence-corrected chi connectivity index (χ3v) is 2.97. The van der Waals surface area contributed by atoms with Crippen LogP contribution >= 0.6 is 11.6 Å². The van der Waals surface area contributed by atoms with Crippen molar-refractivity contribution in [1.29, 1.82) is 0 Å². The van der Waals surface area contributed by atoms with E-state index < -0.39 is 0 Å². The Morgan fingerprint density at radius 1 is 1.35 bits per heavy atom. The number of aldehydes is 1. The smallest absolute Gasteiger partial charge is 0.331 e. The summed E-state index contributed by atoms with van der Waals surface area (Å²) in [5.41, 5.74) is 0.936. The fraction of sp³-hybridized carbons (Fsp3) is 0.231. The number of carbonyl (C=O) groups excluding carboxylic acids is 2. The Balaban J connectivity index is 2.22. The minimum absolute atomic E-state index is 0.146. The zero-order valence-corrected chi connectivity index (χ0v) is 9.76. The molecular formula is C13H11ClO3. The molecule has 1 aromatic carbocycles. The lowest BCUT2D eigenvalue weighted by Gasteiger charge is -2.20. The molecule has 0 N–H and O–H groups in total. The molecule has 1 aliphatic rings. The van der Waals surface area contributed by atoms with Crippen molar-refractivity contribution < 1.29 is 14.3 Å². The number of hydrogen-bond donors (Lipinski definition) is 0. The summed E-state index contributed by atoms with van der Waals surface area (Å²) in [6, 6.07) is 7.21. The fourth-order valence-electron chi connectivity index (χ4n) is 1.88. The first-order valence-corrected chi connectivity index (χ1v) is 5.66. The number of benzene rings is 1. The SMILES string of the molecule is O=CC[C@@H](c1ccc(Cl)cc1)[C@@H]1C=CC(=O)O1. The second kappa shape index (κ2) is 5.15. The summed E-state index contributed by atoms with van der Waals surface area (Å²) in [5.74, 6) is -0.507. The van der Waals surface area contributed by atoms with E-state index in [-0.39, 0.29) is 18.0 Å². The molecule has 88 valence electrons. The second-order valence-corrected chi connectivity index (χ2v) is 4.26. The Morgan fingerprint density at radius 3 is 2.59 bits per heavy atom. The van der Waals surface area contributed by atoms with Gasteiger partial charge in [-0.3, -0.25) is 0 Å². The van der Waals surface area contributed by atoms with Crippen LogP contribution in [0.3, 0.4) is 0 Å². The van der Waals surface area contributed by atoms with E-state index in [0.29, 0.717) is 11.4 Å². The van der Waals surface area contributed by atoms with E-state index in [9.17, 15) is 9.59 Å². The van der Waals surface area contributed by atoms with Gasteiger partial charge in [-0.15, -0.1) is 0 Å². The first kappa shape index (κ1) is 11.9. The van der Waals surface area contributed by atoms with Gasteiger partial charge in [0.1, 0.15) is 12.4 Å². The highest BCUT2D eigenvalue weighted by Crippen LogP contribution is 2.29. The van der Waals surface area contributed by atoms with Crippen molar-refractivity contribution in [2.24, 2.45) is 0 Å². The average molecular weight is 251 g/mol. The Labute approximate surface area is 104 Å². The predicted molar refractivity (Wildman–Crippen MR) is 63.9 cm³/mol. The van der Waals surface area contributed by atoms with Gasteiger partial charge in [-0.2, -0.15) is 0 Å². The lowest BCUT2D eigenvalue weighted by Crippen LogP contribution is -2.19. The Morgan fingerprint density at radius 2 is 2.06 bits per heavy atom. The van der Waals surface area contributed by atoms with Crippen molar-refractivity contribution >= 4 is 23.9 Å². The van der Waals surface area contributed by atoms with Crippen LogP contribution in [0, 0.1) is 0 Å². The molecule has 0 saturated carbocycles. The van der Waals surface area contributed by atoms with E-state index >= 15 is 0 Å². The van der Waals surface area contributed by atoms with Crippen molar-refractivity contribution in [1.82, 2.24) is 0 Å².